The Morgan fingerprint density at radius 1 is 1.40 bits per heavy atom. The predicted octanol–water partition coefficient (Wildman–Crippen LogP) is 2.50. The van der Waals surface area contributed by atoms with Crippen LogP contribution < -0.4 is 0 Å². The topological polar surface area (TPSA) is 23.8 Å². The lowest BCUT2D eigenvalue weighted by atomic mass is 10.2. The molecule has 0 aromatic heterocycles. The fourth-order valence-corrected chi connectivity index (χ4v) is 1.45. The standard InChI is InChI=1S/C13H16N2/c1-15(2,11-7-6-10-14)12-13-8-4-3-5-9-13/h3-9H,1,11-12H2,2H3/b7-6+. The Morgan fingerprint density at radius 3 is 2.67 bits per heavy atom. The van der Waals surface area contributed by atoms with Gasteiger partial charge in [-0.15, -0.1) is 7.05 Å². The van der Waals surface area contributed by atoms with Gasteiger partial charge in [0.1, 0.15) is 0 Å². The number of nitriles is 1. The van der Waals surface area contributed by atoms with Gasteiger partial charge in [-0.1, -0.05) is 30.3 Å². The maximum absolute atomic E-state index is 8.39. The Kier molecular flexibility index (Phi) is 4.08. The zero-order valence-electron chi connectivity index (χ0n) is 9.06. The summed E-state index contributed by atoms with van der Waals surface area (Å²) < 4.78 is 0.613. The van der Waals surface area contributed by atoms with Crippen molar-refractivity contribution in [2.45, 2.75) is 6.54 Å². The number of benzene rings is 1. The Hall–Kier alpha value is -1.59. The zero-order valence-corrected chi connectivity index (χ0v) is 9.06. The lowest BCUT2D eigenvalue weighted by molar-refractivity contribution is -0.873. The summed E-state index contributed by atoms with van der Waals surface area (Å²) >= 11 is 0. The van der Waals surface area contributed by atoms with Crippen molar-refractivity contribution < 1.29 is 4.48 Å². The first-order valence-electron chi connectivity index (χ1n) is 4.91. The predicted molar refractivity (Wildman–Crippen MR) is 61.3 cm³/mol. The summed E-state index contributed by atoms with van der Waals surface area (Å²) in [4.78, 5) is 0. The van der Waals surface area contributed by atoms with E-state index < -0.39 is 0 Å². The number of hydrogen-bond acceptors (Lipinski definition) is 1. The second-order valence-corrected chi connectivity index (χ2v) is 3.98. The van der Waals surface area contributed by atoms with Crippen LogP contribution in [0.15, 0.2) is 42.5 Å². The van der Waals surface area contributed by atoms with E-state index in [0.29, 0.717) is 4.48 Å². The van der Waals surface area contributed by atoms with Crippen molar-refractivity contribution in [1.29, 1.82) is 5.26 Å². The first kappa shape index (κ1) is 11.5. The van der Waals surface area contributed by atoms with Gasteiger partial charge < -0.3 is 4.48 Å². The molecule has 1 aromatic rings. The van der Waals surface area contributed by atoms with Crippen molar-refractivity contribution in [3.8, 4) is 6.07 Å². The smallest absolute Gasteiger partial charge is 0.0910 e. The van der Waals surface area contributed by atoms with Gasteiger partial charge in [0.15, 0.2) is 0 Å². The average molecular weight is 200 g/mol. The maximum Gasteiger partial charge on any atom is 0.0910 e. The largest absolute Gasteiger partial charge is 0.452 e. The molecule has 0 amide bonds. The first-order valence-corrected chi connectivity index (χ1v) is 4.91. The number of allylic oxidation sites excluding steroid dienone is 1. The molecule has 15 heavy (non-hydrogen) atoms. The molecule has 0 fully saturated rings. The summed E-state index contributed by atoms with van der Waals surface area (Å²) in [5, 5.41) is 8.39. The fourth-order valence-electron chi connectivity index (χ4n) is 1.45. The van der Waals surface area contributed by atoms with Crippen molar-refractivity contribution >= 4 is 0 Å². The van der Waals surface area contributed by atoms with Crippen molar-refractivity contribution in [2.75, 3.05) is 13.6 Å². The molecule has 0 radical (unpaired) electrons. The van der Waals surface area contributed by atoms with Crippen molar-refractivity contribution in [3.05, 3.63) is 55.1 Å². The van der Waals surface area contributed by atoms with Crippen molar-refractivity contribution in [3.63, 3.8) is 0 Å². The normalized spacial score (nSPS) is 14.7. The van der Waals surface area contributed by atoms with Gasteiger partial charge in [0.2, 0.25) is 0 Å². The number of likely N-dealkylation sites (N-methyl/N-ethyl adjacent to an activating group) is 1. The quantitative estimate of drug-likeness (QED) is 0.416. The molecule has 0 bridgehead atoms. The summed E-state index contributed by atoms with van der Waals surface area (Å²) in [6.45, 7) is 1.64. The van der Waals surface area contributed by atoms with Crippen LogP contribution in [0, 0.1) is 18.4 Å². The zero-order chi connectivity index (χ0) is 11.1. The molecular weight excluding hydrogens is 184 g/mol. The maximum atomic E-state index is 8.39. The van der Waals surface area contributed by atoms with E-state index in [1.165, 1.54) is 11.6 Å². The van der Waals surface area contributed by atoms with E-state index >= 15 is 0 Å². The van der Waals surface area contributed by atoms with Crippen molar-refractivity contribution in [2.24, 2.45) is 0 Å². The third kappa shape index (κ3) is 4.44. The van der Waals surface area contributed by atoms with Crippen LogP contribution in [0.5, 0.6) is 0 Å². The monoisotopic (exact) mass is 200 g/mol. The lowest BCUT2D eigenvalue weighted by Crippen LogP contribution is -2.36. The van der Waals surface area contributed by atoms with Gasteiger partial charge in [-0.2, -0.15) is 5.26 Å². The lowest BCUT2D eigenvalue weighted by Gasteiger charge is -2.37. The average Bonchev–Trinajstić information content (AvgIpc) is 2.18. The minimum atomic E-state index is 0.613. The summed E-state index contributed by atoms with van der Waals surface area (Å²) in [7, 11) is 6.16. The van der Waals surface area contributed by atoms with E-state index in [-0.39, 0.29) is 0 Å². The van der Waals surface area contributed by atoms with Crippen LogP contribution in [0.2, 0.25) is 0 Å². The summed E-state index contributed by atoms with van der Waals surface area (Å²) in [5.74, 6) is 0. The Labute approximate surface area is 91.7 Å². The van der Waals surface area contributed by atoms with Crippen LogP contribution in [0.4, 0.5) is 0 Å². The minimum Gasteiger partial charge on any atom is -0.452 e. The molecule has 0 saturated heterocycles. The van der Waals surface area contributed by atoms with Gasteiger partial charge >= 0.3 is 0 Å². The Bertz CT molecular complexity index is 358. The molecule has 0 heterocycles. The highest BCUT2D eigenvalue weighted by molar-refractivity contribution is 5.13. The molecule has 0 saturated carbocycles. The van der Waals surface area contributed by atoms with Crippen LogP contribution in [-0.4, -0.2) is 18.1 Å². The fraction of sp³-hybridized carbons (Fsp3) is 0.231. The third-order valence-electron chi connectivity index (χ3n) is 2.15. The molecule has 78 valence electrons. The highest BCUT2D eigenvalue weighted by Gasteiger charge is 2.06. The SMILES string of the molecule is [CH2-][N+](C)(C/C=C/C#N)Cc1ccccc1. The minimum absolute atomic E-state index is 0.613. The third-order valence-corrected chi connectivity index (χ3v) is 2.15. The second kappa shape index (κ2) is 5.33. The van der Waals surface area contributed by atoms with E-state index in [1.807, 2.05) is 30.3 Å². The van der Waals surface area contributed by atoms with Gasteiger partial charge in [0.05, 0.1) is 19.2 Å². The molecule has 1 aromatic carbocycles. The number of rotatable bonds is 4. The van der Waals surface area contributed by atoms with Gasteiger partial charge in [-0.3, -0.25) is 0 Å². The van der Waals surface area contributed by atoms with Crippen LogP contribution >= 0.6 is 0 Å². The van der Waals surface area contributed by atoms with E-state index in [4.69, 9.17) is 5.26 Å². The van der Waals surface area contributed by atoms with Gasteiger partial charge in [0.25, 0.3) is 0 Å². The number of nitrogens with zero attached hydrogens (tertiary/aromatic N) is 2. The molecule has 0 N–H and O–H groups in total. The molecule has 1 unspecified atom stereocenters. The molecule has 0 aliphatic rings. The molecule has 1 atom stereocenters. The van der Waals surface area contributed by atoms with Crippen LogP contribution in [-0.2, 0) is 6.54 Å². The highest BCUT2D eigenvalue weighted by Crippen LogP contribution is 2.09. The first-order chi connectivity index (χ1) is 7.14. The van der Waals surface area contributed by atoms with Crippen LogP contribution in [0.3, 0.4) is 0 Å². The summed E-state index contributed by atoms with van der Waals surface area (Å²) in [6, 6.07) is 12.2. The van der Waals surface area contributed by atoms with E-state index in [0.717, 1.165) is 13.1 Å². The molecule has 1 rings (SSSR count). The second-order valence-electron chi connectivity index (χ2n) is 3.98. The molecule has 2 nitrogen and oxygen atoms in total. The Balaban J connectivity index is 2.57. The summed E-state index contributed by atoms with van der Waals surface area (Å²) in [6.07, 6.45) is 3.36. The highest BCUT2D eigenvalue weighted by atomic mass is 15.3. The summed E-state index contributed by atoms with van der Waals surface area (Å²) in [5.41, 5.74) is 1.26. The molecular formula is C13H16N2. The van der Waals surface area contributed by atoms with E-state index in [1.54, 1.807) is 0 Å². The number of quaternary nitrogens is 1. The Morgan fingerprint density at radius 2 is 2.07 bits per heavy atom. The van der Waals surface area contributed by atoms with Crippen LogP contribution in [0.1, 0.15) is 5.56 Å². The van der Waals surface area contributed by atoms with Crippen LogP contribution in [0.25, 0.3) is 0 Å². The van der Waals surface area contributed by atoms with E-state index in [2.05, 4.69) is 26.2 Å². The van der Waals surface area contributed by atoms with Crippen molar-refractivity contribution in [1.82, 2.24) is 0 Å². The molecule has 2 heteroatoms. The van der Waals surface area contributed by atoms with Gasteiger partial charge in [-0.05, 0) is 6.08 Å². The molecule has 0 aliphatic carbocycles. The van der Waals surface area contributed by atoms with Gasteiger partial charge in [0, 0.05) is 18.7 Å². The molecule has 0 aliphatic heterocycles. The number of hydrogen-bond donors (Lipinski definition) is 0. The molecule has 0 spiro atoms. The van der Waals surface area contributed by atoms with Gasteiger partial charge in [-0.25, -0.2) is 0 Å². The van der Waals surface area contributed by atoms with E-state index in [9.17, 15) is 0 Å².